The van der Waals surface area contributed by atoms with E-state index in [1.54, 1.807) is 0 Å². The van der Waals surface area contributed by atoms with Crippen molar-refractivity contribution in [2.45, 2.75) is 58.4 Å². The summed E-state index contributed by atoms with van der Waals surface area (Å²) in [4.78, 5) is 0. The summed E-state index contributed by atoms with van der Waals surface area (Å²) in [5.41, 5.74) is -0.689. The van der Waals surface area contributed by atoms with Crippen LogP contribution in [0.4, 0.5) is 0 Å². The van der Waals surface area contributed by atoms with Crippen molar-refractivity contribution in [1.82, 2.24) is 0 Å². The third kappa shape index (κ3) is 7.47. The van der Waals surface area contributed by atoms with Crippen molar-refractivity contribution in [3.05, 3.63) is 0 Å². The van der Waals surface area contributed by atoms with E-state index in [1.807, 2.05) is 13.8 Å². The molecule has 0 radical (unpaired) electrons. The van der Waals surface area contributed by atoms with Crippen molar-refractivity contribution < 1.29 is 0 Å². The standard InChI is InChI=1S/C13H22N4/c1-4-5-6-8-13(3,11-15)17-16-9-7-12(2)10-14/h12H,4-9H2,1-3H3. The largest absolute Gasteiger partial charge is 0.198 e. The van der Waals surface area contributed by atoms with Crippen LogP contribution in [0.1, 0.15) is 52.9 Å². The van der Waals surface area contributed by atoms with Crippen LogP contribution >= 0.6 is 0 Å². The molecule has 0 heterocycles. The summed E-state index contributed by atoms with van der Waals surface area (Å²) >= 11 is 0. The number of azo groups is 1. The van der Waals surface area contributed by atoms with Gasteiger partial charge in [0.05, 0.1) is 18.7 Å². The summed E-state index contributed by atoms with van der Waals surface area (Å²) in [5, 5.41) is 25.8. The number of nitriles is 2. The van der Waals surface area contributed by atoms with Crippen LogP contribution in [0.2, 0.25) is 0 Å². The highest BCUT2D eigenvalue weighted by molar-refractivity contribution is 5.02. The third-order valence-electron chi connectivity index (χ3n) is 2.68. The maximum atomic E-state index is 9.08. The molecule has 0 aliphatic rings. The van der Waals surface area contributed by atoms with E-state index in [0.29, 0.717) is 13.0 Å². The van der Waals surface area contributed by atoms with Crippen LogP contribution in [0.3, 0.4) is 0 Å². The highest BCUT2D eigenvalue weighted by Crippen LogP contribution is 2.19. The van der Waals surface area contributed by atoms with E-state index in [2.05, 4.69) is 29.3 Å². The molecule has 0 saturated carbocycles. The zero-order valence-corrected chi connectivity index (χ0v) is 11.1. The van der Waals surface area contributed by atoms with Crippen molar-refractivity contribution in [2.75, 3.05) is 6.54 Å². The van der Waals surface area contributed by atoms with Crippen LogP contribution in [0.15, 0.2) is 10.2 Å². The molecule has 0 aliphatic carbocycles. The molecule has 0 fully saturated rings. The SMILES string of the molecule is CCCCCC(C)(C#N)N=NCCC(C)C#N. The van der Waals surface area contributed by atoms with Gasteiger partial charge in [-0.1, -0.05) is 19.8 Å². The normalized spacial score (nSPS) is 16.1. The topological polar surface area (TPSA) is 72.3 Å². The molecule has 0 rings (SSSR count). The Morgan fingerprint density at radius 1 is 1.29 bits per heavy atom. The number of hydrogen-bond donors (Lipinski definition) is 0. The molecule has 0 saturated heterocycles. The minimum absolute atomic E-state index is 0.00221. The Morgan fingerprint density at radius 2 is 2.00 bits per heavy atom. The van der Waals surface area contributed by atoms with Gasteiger partial charge in [-0.2, -0.15) is 20.8 Å². The fraction of sp³-hybridized carbons (Fsp3) is 0.846. The van der Waals surface area contributed by atoms with Gasteiger partial charge < -0.3 is 0 Å². The lowest BCUT2D eigenvalue weighted by Gasteiger charge is -2.14. The first-order chi connectivity index (χ1) is 8.08. The van der Waals surface area contributed by atoms with Gasteiger partial charge in [0, 0.05) is 5.92 Å². The van der Waals surface area contributed by atoms with Crippen LogP contribution in [-0.4, -0.2) is 12.1 Å². The van der Waals surface area contributed by atoms with E-state index in [9.17, 15) is 0 Å². The number of nitrogens with zero attached hydrogens (tertiary/aromatic N) is 4. The predicted molar refractivity (Wildman–Crippen MR) is 67.3 cm³/mol. The molecular weight excluding hydrogens is 212 g/mol. The average molecular weight is 234 g/mol. The highest BCUT2D eigenvalue weighted by Gasteiger charge is 2.22. The third-order valence-corrected chi connectivity index (χ3v) is 2.68. The molecule has 0 N–H and O–H groups in total. The molecule has 2 unspecified atom stereocenters. The minimum atomic E-state index is -0.689. The summed E-state index contributed by atoms with van der Waals surface area (Å²) in [6.45, 7) is 6.34. The van der Waals surface area contributed by atoms with Crippen molar-refractivity contribution in [3.63, 3.8) is 0 Å². The van der Waals surface area contributed by atoms with E-state index >= 15 is 0 Å². The van der Waals surface area contributed by atoms with Gasteiger partial charge in [-0.3, -0.25) is 0 Å². The second-order valence-electron chi connectivity index (χ2n) is 4.63. The number of unbranched alkanes of at least 4 members (excludes halogenated alkanes) is 2. The molecular formula is C13H22N4. The van der Waals surface area contributed by atoms with Gasteiger partial charge in [-0.25, -0.2) is 0 Å². The van der Waals surface area contributed by atoms with Crippen LogP contribution in [0, 0.1) is 28.6 Å². The van der Waals surface area contributed by atoms with Gasteiger partial charge in [0.25, 0.3) is 0 Å². The Hall–Kier alpha value is -1.42. The highest BCUT2D eigenvalue weighted by atomic mass is 15.1. The molecule has 0 aromatic heterocycles. The summed E-state index contributed by atoms with van der Waals surface area (Å²) in [7, 11) is 0. The minimum Gasteiger partial charge on any atom is -0.198 e. The Kier molecular flexibility index (Phi) is 7.97. The van der Waals surface area contributed by atoms with E-state index < -0.39 is 5.54 Å². The molecule has 94 valence electrons. The molecule has 0 aromatic rings. The van der Waals surface area contributed by atoms with Crippen LogP contribution in [0.25, 0.3) is 0 Å². The lowest BCUT2D eigenvalue weighted by molar-refractivity contribution is 0.478. The zero-order chi connectivity index (χ0) is 13.1. The second-order valence-corrected chi connectivity index (χ2v) is 4.63. The number of rotatable bonds is 8. The Bertz CT molecular complexity index is 310. The summed E-state index contributed by atoms with van der Waals surface area (Å²) in [6.07, 6.45) is 4.73. The van der Waals surface area contributed by atoms with Crippen molar-refractivity contribution in [2.24, 2.45) is 16.1 Å². The number of hydrogen-bond acceptors (Lipinski definition) is 4. The first-order valence-electron chi connectivity index (χ1n) is 6.27. The second kappa shape index (κ2) is 8.70. The van der Waals surface area contributed by atoms with Gasteiger partial charge in [-0.15, -0.1) is 0 Å². The van der Waals surface area contributed by atoms with E-state index in [-0.39, 0.29) is 5.92 Å². The molecule has 0 bridgehead atoms. The maximum absolute atomic E-state index is 9.08. The van der Waals surface area contributed by atoms with E-state index in [0.717, 1.165) is 25.7 Å². The van der Waals surface area contributed by atoms with E-state index in [1.165, 1.54) is 0 Å². The van der Waals surface area contributed by atoms with Gasteiger partial charge in [0.15, 0.2) is 5.54 Å². The van der Waals surface area contributed by atoms with Gasteiger partial charge in [0.2, 0.25) is 0 Å². The average Bonchev–Trinajstić information content (AvgIpc) is 2.34. The van der Waals surface area contributed by atoms with Gasteiger partial charge in [-0.05, 0) is 33.1 Å². The monoisotopic (exact) mass is 234 g/mol. The summed E-state index contributed by atoms with van der Waals surface area (Å²) < 4.78 is 0. The lowest BCUT2D eigenvalue weighted by Crippen LogP contribution is -2.18. The Balaban J connectivity index is 4.06. The fourth-order valence-electron chi connectivity index (χ4n) is 1.37. The van der Waals surface area contributed by atoms with Crippen molar-refractivity contribution >= 4 is 0 Å². The lowest BCUT2D eigenvalue weighted by atomic mass is 9.97. The molecule has 0 aromatic carbocycles. The van der Waals surface area contributed by atoms with Crippen LogP contribution < -0.4 is 0 Å². The molecule has 2 atom stereocenters. The molecule has 0 aliphatic heterocycles. The maximum Gasteiger partial charge on any atom is 0.164 e. The Labute approximate surface area is 104 Å². The molecule has 17 heavy (non-hydrogen) atoms. The van der Waals surface area contributed by atoms with Gasteiger partial charge in [0.1, 0.15) is 0 Å². The smallest absolute Gasteiger partial charge is 0.164 e. The molecule has 4 nitrogen and oxygen atoms in total. The molecule has 0 amide bonds. The van der Waals surface area contributed by atoms with Gasteiger partial charge >= 0.3 is 0 Å². The predicted octanol–water partition coefficient (Wildman–Crippen LogP) is 3.85. The quantitative estimate of drug-likeness (QED) is 0.472. The van der Waals surface area contributed by atoms with Crippen LogP contribution in [-0.2, 0) is 0 Å². The van der Waals surface area contributed by atoms with Crippen molar-refractivity contribution in [3.8, 4) is 12.1 Å². The summed E-state index contributed by atoms with van der Waals surface area (Å²) in [5.74, 6) is 0.00221. The zero-order valence-electron chi connectivity index (χ0n) is 11.1. The summed E-state index contributed by atoms with van der Waals surface area (Å²) in [6, 6.07) is 4.37. The molecule has 0 spiro atoms. The Morgan fingerprint density at radius 3 is 2.53 bits per heavy atom. The first kappa shape index (κ1) is 15.6. The van der Waals surface area contributed by atoms with E-state index in [4.69, 9.17) is 10.5 Å². The first-order valence-corrected chi connectivity index (χ1v) is 6.27. The fourth-order valence-corrected chi connectivity index (χ4v) is 1.37. The van der Waals surface area contributed by atoms with Crippen molar-refractivity contribution in [1.29, 1.82) is 10.5 Å². The van der Waals surface area contributed by atoms with Crippen LogP contribution in [0.5, 0.6) is 0 Å². The molecule has 4 heteroatoms.